The molecule has 0 aromatic heterocycles. The lowest BCUT2D eigenvalue weighted by Gasteiger charge is -2.16. The maximum Gasteiger partial charge on any atom is 0.126 e. The van der Waals surface area contributed by atoms with Gasteiger partial charge in [-0.05, 0) is 11.6 Å². The van der Waals surface area contributed by atoms with Gasteiger partial charge in [-0.3, -0.25) is 4.90 Å². The van der Waals surface area contributed by atoms with Gasteiger partial charge in [-0.25, -0.2) is 4.39 Å². The Bertz CT molecular complexity index is 381. The first-order valence-corrected chi connectivity index (χ1v) is 5.93. The summed E-state index contributed by atoms with van der Waals surface area (Å²) in [5.74, 6) is -0.0606. The number of halogens is 3. The molecule has 3 nitrogen and oxygen atoms in total. The highest BCUT2D eigenvalue weighted by molar-refractivity contribution is 5.85. The molecule has 2 N–H and O–H groups in total. The standard InChI is InChI=1S/C13H19FN2O.2ClH/c1-17-7-6-16-8-11(13(15)9-16)10-4-2-3-5-12(10)14;;/h2-5,11,13H,6-9,15H2,1H3;2*1H. The van der Waals surface area contributed by atoms with Crippen molar-refractivity contribution in [1.82, 2.24) is 4.90 Å². The third-order valence-electron chi connectivity index (χ3n) is 3.36. The van der Waals surface area contributed by atoms with Crippen LogP contribution in [0.5, 0.6) is 0 Å². The molecule has 1 aliphatic heterocycles. The molecule has 0 aliphatic carbocycles. The summed E-state index contributed by atoms with van der Waals surface area (Å²) in [6.07, 6.45) is 0. The van der Waals surface area contributed by atoms with Gasteiger partial charge in [-0.15, -0.1) is 24.8 Å². The van der Waals surface area contributed by atoms with Gasteiger partial charge in [0.15, 0.2) is 0 Å². The van der Waals surface area contributed by atoms with Crippen LogP contribution in [0.25, 0.3) is 0 Å². The van der Waals surface area contributed by atoms with E-state index in [0.29, 0.717) is 6.61 Å². The Kier molecular flexibility index (Phi) is 8.54. The summed E-state index contributed by atoms with van der Waals surface area (Å²) in [6, 6.07) is 6.91. The Hall–Kier alpha value is -0.390. The van der Waals surface area contributed by atoms with E-state index in [1.807, 2.05) is 12.1 Å². The number of nitrogens with two attached hydrogens (primary N) is 1. The van der Waals surface area contributed by atoms with E-state index < -0.39 is 0 Å². The topological polar surface area (TPSA) is 38.5 Å². The average molecular weight is 311 g/mol. The molecule has 110 valence electrons. The highest BCUT2D eigenvalue weighted by Gasteiger charge is 2.32. The molecule has 1 aliphatic rings. The normalized spacial score (nSPS) is 22.7. The molecule has 1 heterocycles. The van der Waals surface area contributed by atoms with Crippen molar-refractivity contribution in [2.45, 2.75) is 12.0 Å². The molecular weight excluding hydrogens is 290 g/mol. The van der Waals surface area contributed by atoms with E-state index in [-0.39, 0.29) is 42.6 Å². The summed E-state index contributed by atoms with van der Waals surface area (Å²) in [7, 11) is 1.68. The van der Waals surface area contributed by atoms with Gasteiger partial charge in [0.25, 0.3) is 0 Å². The molecule has 2 atom stereocenters. The van der Waals surface area contributed by atoms with Gasteiger partial charge < -0.3 is 10.5 Å². The van der Waals surface area contributed by atoms with Crippen molar-refractivity contribution in [1.29, 1.82) is 0 Å². The lowest BCUT2D eigenvalue weighted by atomic mass is 9.94. The largest absolute Gasteiger partial charge is 0.383 e. The summed E-state index contributed by atoms with van der Waals surface area (Å²) in [4.78, 5) is 2.23. The molecule has 2 rings (SSSR count). The van der Waals surface area contributed by atoms with Gasteiger partial charge in [0.05, 0.1) is 6.61 Å². The minimum atomic E-state index is -0.151. The van der Waals surface area contributed by atoms with Crippen molar-refractivity contribution < 1.29 is 9.13 Å². The Morgan fingerprint density at radius 1 is 1.32 bits per heavy atom. The van der Waals surface area contributed by atoms with Crippen molar-refractivity contribution in [2.75, 3.05) is 33.4 Å². The molecule has 0 spiro atoms. The Morgan fingerprint density at radius 3 is 2.63 bits per heavy atom. The molecule has 1 aromatic rings. The number of nitrogens with zero attached hydrogens (tertiary/aromatic N) is 1. The van der Waals surface area contributed by atoms with Gasteiger partial charge in [0.2, 0.25) is 0 Å². The van der Waals surface area contributed by atoms with Crippen LogP contribution in [0, 0.1) is 5.82 Å². The number of likely N-dealkylation sites (tertiary alicyclic amines) is 1. The van der Waals surface area contributed by atoms with Crippen LogP contribution < -0.4 is 5.73 Å². The zero-order valence-corrected chi connectivity index (χ0v) is 12.6. The Morgan fingerprint density at radius 2 is 2.00 bits per heavy atom. The zero-order chi connectivity index (χ0) is 12.3. The van der Waals surface area contributed by atoms with Crippen LogP contribution in [0.4, 0.5) is 4.39 Å². The second-order valence-electron chi connectivity index (χ2n) is 4.54. The fourth-order valence-corrected chi connectivity index (χ4v) is 2.42. The van der Waals surface area contributed by atoms with Gasteiger partial charge in [-0.1, -0.05) is 18.2 Å². The molecule has 1 fully saturated rings. The second kappa shape index (κ2) is 8.72. The fraction of sp³-hybridized carbons (Fsp3) is 0.538. The molecule has 19 heavy (non-hydrogen) atoms. The maximum absolute atomic E-state index is 13.7. The minimum Gasteiger partial charge on any atom is -0.383 e. The highest BCUT2D eigenvalue weighted by Crippen LogP contribution is 2.27. The van der Waals surface area contributed by atoms with Crippen LogP contribution in [0.15, 0.2) is 24.3 Å². The summed E-state index contributed by atoms with van der Waals surface area (Å²) < 4.78 is 18.7. The minimum absolute atomic E-state index is 0. The lowest BCUT2D eigenvalue weighted by Crippen LogP contribution is -2.30. The first-order valence-electron chi connectivity index (χ1n) is 5.93. The van der Waals surface area contributed by atoms with Crippen molar-refractivity contribution in [3.63, 3.8) is 0 Å². The average Bonchev–Trinajstić information content (AvgIpc) is 2.68. The van der Waals surface area contributed by atoms with E-state index in [2.05, 4.69) is 4.90 Å². The molecule has 0 bridgehead atoms. The van der Waals surface area contributed by atoms with E-state index in [0.717, 1.165) is 25.2 Å². The van der Waals surface area contributed by atoms with E-state index in [1.54, 1.807) is 13.2 Å². The maximum atomic E-state index is 13.7. The number of hydrogen-bond donors (Lipinski definition) is 1. The monoisotopic (exact) mass is 310 g/mol. The van der Waals surface area contributed by atoms with Gasteiger partial charge in [0.1, 0.15) is 5.82 Å². The third kappa shape index (κ3) is 4.58. The second-order valence-corrected chi connectivity index (χ2v) is 4.54. The number of benzene rings is 1. The quantitative estimate of drug-likeness (QED) is 0.925. The van der Waals surface area contributed by atoms with Gasteiger partial charge >= 0.3 is 0 Å². The Balaban J connectivity index is 0.00000162. The number of hydrogen-bond acceptors (Lipinski definition) is 3. The molecule has 0 saturated carbocycles. The van der Waals surface area contributed by atoms with Crippen molar-refractivity contribution in [3.8, 4) is 0 Å². The Labute approximate surface area is 126 Å². The van der Waals surface area contributed by atoms with Crippen LogP contribution in [0.3, 0.4) is 0 Å². The summed E-state index contributed by atoms with van der Waals surface area (Å²) in [6.45, 7) is 3.17. The molecule has 0 radical (unpaired) electrons. The molecule has 1 aromatic carbocycles. The highest BCUT2D eigenvalue weighted by atomic mass is 35.5. The van der Waals surface area contributed by atoms with Gasteiger partial charge in [0, 0.05) is 38.7 Å². The first kappa shape index (κ1) is 18.6. The van der Waals surface area contributed by atoms with E-state index in [1.165, 1.54) is 6.07 Å². The van der Waals surface area contributed by atoms with Crippen LogP contribution in [0.2, 0.25) is 0 Å². The van der Waals surface area contributed by atoms with E-state index >= 15 is 0 Å². The van der Waals surface area contributed by atoms with Crippen molar-refractivity contribution >= 4 is 24.8 Å². The first-order chi connectivity index (χ1) is 8.22. The van der Waals surface area contributed by atoms with Gasteiger partial charge in [-0.2, -0.15) is 0 Å². The SMILES string of the molecule is COCCN1CC(N)C(c2ccccc2F)C1.Cl.Cl. The molecule has 1 saturated heterocycles. The smallest absolute Gasteiger partial charge is 0.126 e. The third-order valence-corrected chi connectivity index (χ3v) is 3.36. The summed E-state index contributed by atoms with van der Waals surface area (Å²) in [5.41, 5.74) is 6.83. The fourth-order valence-electron chi connectivity index (χ4n) is 2.42. The van der Waals surface area contributed by atoms with Crippen molar-refractivity contribution in [3.05, 3.63) is 35.6 Å². The molecular formula is C13H21Cl2FN2O. The van der Waals surface area contributed by atoms with E-state index in [9.17, 15) is 4.39 Å². The predicted octanol–water partition coefficient (Wildman–Crippen LogP) is 2.04. The molecule has 2 unspecified atom stereocenters. The predicted molar refractivity (Wildman–Crippen MR) is 79.9 cm³/mol. The number of methoxy groups -OCH3 is 1. The van der Waals surface area contributed by atoms with Crippen LogP contribution in [-0.2, 0) is 4.74 Å². The lowest BCUT2D eigenvalue weighted by molar-refractivity contribution is 0.159. The van der Waals surface area contributed by atoms with Crippen LogP contribution in [0.1, 0.15) is 11.5 Å². The molecule has 6 heteroatoms. The zero-order valence-electron chi connectivity index (χ0n) is 10.9. The summed E-state index contributed by atoms with van der Waals surface area (Å²) in [5, 5.41) is 0. The van der Waals surface area contributed by atoms with Crippen LogP contribution in [-0.4, -0.2) is 44.3 Å². The number of rotatable bonds is 4. The van der Waals surface area contributed by atoms with Crippen molar-refractivity contribution in [2.24, 2.45) is 5.73 Å². The number of ether oxygens (including phenoxy) is 1. The molecule has 0 amide bonds. The van der Waals surface area contributed by atoms with Crippen LogP contribution >= 0.6 is 24.8 Å². The van der Waals surface area contributed by atoms with E-state index in [4.69, 9.17) is 10.5 Å². The summed E-state index contributed by atoms with van der Waals surface area (Å²) >= 11 is 0.